The quantitative estimate of drug-likeness (QED) is 0.757. The summed E-state index contributed by atoms with van der Waals surface area (Å²) in [6.45, 7) is 2.54. The van der Waals surface area contributed by atoms with Crippen molar-refractivity contribution in [3.63, 3.8) is 0 Å². The molecule has 0 saturated carbocycles. The van der Waals surface area contributed by atoms with E-state index in [4.69, 9.17) is 0 Å². The van der Waals surface area contributed by atoms with Gasteiger partial charge >= 0.3 is 12.2 Å². The van der Waals surface area contributed by atoms with Gasteiger partial charge in [-0.1, -0.05) is 31.2 Å². The number of hydrogen-bond acceptors (Lipinski definition) is 2. The number of rotatable bonds is 3. The molecule has 138 valence electrons. The number of carbonyl (C=O) groups is 1. The molecule has 0 aromatic heterocycles. The minimum atomic E-state index is -4.40. The van der Waals surface area contributed by atoms with Crippen LogP contribution in [0.15, 0.2) is 48.5 Å². The Bertz CT molecular complexity index is 777. The molecule has 26 heavy (non-hydrogen) atoms. The smallest absolute Gasteiger partial charge is 0.308 e. The third-order valence-electron chi connectivity index (χ3n) is 4.26. The van der Waals surface area contributed by atoms with E-state index in [1.165, 1.54) is 23.4 Å². The molecule has 0 unspecified atom stereocenters. The summed E-state index contributed by atoms with van der Waals surface area (Å²) in [6, 6.07) is 12.4. The number of halogens is 3. The number of benzene rings is 2. The van der Waals surface area contributed by atoms with Gasteiger partial charge in [0, 0.05) is 18.0 Å². The van der Waals surface area contributed by atoms with Crippen LogP contribution >= 0.6 is 11.8 Å². The predicted octanol–water partition coefficient (Wildman–Crippen LogP) is 5.55. The maximum absolute atomic E-state index is 13.0. The fraction of sp³-hybridized carbons (Fsp3) is 0.316. The fourth-order valence-corrected chi connectivity index (χ4v) is 4.09. The highest BCUT2D eigenvalue weighted by molar-refractivity contribution is 7.99. The number of alkyl halides is 3. The van der Waals surface area contributed by atoms with Crippen molar-refractivity contribution in [2.75, 3.05) is 17.6 Å². The number of urea groups is 1. The number of thioether (sulfide) groups is 1. The second-order valence-corrected chi connectivity index (χ2v) is 7.21. The average molecular weight is 380 g/mol. The largest absolute Gasteiger partial charge is 0.416 e. The van der Waals surface area contributed by atoms with Crippen molar-refractivity contribution in [3.05, 3.63) is 65.2 Å². The van der Waals surface area contributed by atoms with E-state index in [2.05, 4.69) is 12.2 Å². The van der Waals surface area contributed by atoms with E-state index < -0.39 is 17.1 Å². The Labute approximate surface area is 154 Å². The molecule has 1 heterocycles. The van der Waals surface area contributed by atoms with Crippen LogP contribution in [-0.4, -0.2) is 23.2 Å². The summed E-state index contributed by atoms with van der Waals surface area (Å²) in [7, 11) is 0. The van der Waals surface area contributed by atoms with Gasteiger partial charge < -0.3 is 10.2 Å². The second-order valence-electron chi connectivity index (χ2n) is 6.02. The molecule has 0 spiro atoms. The molecule has 1 fully saturated rings. The normalized spacial score (nSPS) is 17.4. The first kappa shape index (κ1) is 18.6. The average Bonchev–Trinajstić information content (AvgIpc) is 3.12. The van der Waals surface area contributed by atoms with E-state index in [1.807, 2.05) is 24.3 Å². The number of hydrogen-bond donors (Lipinski definition) is 1. The van der Waals surface area contributed by atoms with E-state index in [0.717, 1.165) is 18.6 Å². The van der Waals surface area contributed by atoms with Gasteiger partial charge in [-0.05, 0) is 41.8 Å². The Morgan fingerprint density at radius 3 is 2.62 bits per heavy atom. The summed E-state index contributed by atoms with van der Waals surface area (Å²) in [5.74, 6) is 0.684. The Morgan fingerprint density at radius 2 is 1.96 bits per heavy atom. The number of nitrogens with one attached hydrogen (secondary N) is 1. The van der Waals surface area contributed by atoms with Gasteiger partial charge in [0.1, 0.15) is 5.37 Å². The molecule has 2 aromatic rings. The molecule has 1 atom stereocenters. The van der Waals surface area contributed by atoms with Gasteiger partial charge in [0.25, 0.3) is 0 Å². The topological polar surface area (TPSA) is 32.3 Å². The molecule has 7 heteroatoms. The van der Waals surface area contributed by atoms with Gasteiger partial charge in [-0.2, -0.15) is 13.2 Å². The van der Waals surface area contributed by atoms with Crippen LogP contribution in [0.4, 0.5) is 23.7 Å². The summed E-state index contributed by atoms with van der Waals surface area (Å²) in [6.07, 6.45) is -3.48. The lowest BCUT2D eigenvalue weighted by Crippen LogP contribution is -2.34. The highest BCUT2D eigenvalue weighted by atomic mass is 32.2. The lowest BCUT2D eigenvalue weighted by atomic mass is 10.1. The summed E-state index contributed by atoms with van der Waals surface area (Å²) < 4.78 is 38.9. The highest BCUT2D eigenvalue weighted by Gasteiger charge is 2.34. The minimum absolute atomic E-state index is 0.304. The zero-order chi connectivity index (χ0) is 18.7. The zero-order valence-electron chi connectivity index (χ0n) is 14.2. The van der Waals surface area contributed by atoms with Gasteiger partial charge in [-0.25, -0.2) is 4.79 Å². The lowest BCUT2D eigenvalue weighted by Gasteiger charge is -2.25. The van der Waals surface area contributed by atoms with Crippen LogP contribution in [0.25, 0.3) is 0 Å². The van der Waals surface area contributed by atoms with Crippen molar-refractivity contribution in [2.45, 2.75) is 24.9 Å². The number of aryl methyl sites for hydroxylation is 1. The molecule has 0 radical (unpaired) electrons. The van der Waals surface area contributed by atoms with Crippen molar-refractivity contribution in [2.24, 2.45) is 0 Å². The van der Waals surface area contributed by atoms with E-state index in [-0.39, 0.29) is 6.03 Å². The first-order valence-corrected chi connectivity index (χ1v) is 9.38. The Balaban J connectivity index is 1.76. The summed E-state index contributed by atoms with van der Waals surface area (Å²) in [4.78, 5) is 14.2. The lowest BCUT2D eigenvalue weighted by molar-refractivity contribution is -0.137. The monoisotopic (exact) mass is 380 g/mol. The third-order valence-corrected chi connectivity index (χ3v) is 5.53. The standard InChI is InChI=1S/C19H19F3N2OS/c1-2-13-6-8-16(9-7-13)23-18(25)24-10-11-26-17(24)14-4-3-5-15(12-14)19(20,21)22/h3-9,12,17H,2,10-11H2,1H3,(H,23,25)/t17-/m1/s1. The molecule has 3 nitrogen and oxygen atoms in total. The number of nitrogens with zero attached hydrogens (tertiary/aromatic N) is 1. The number of carbonyl (C=O) groups excluding carboxylic acids is 1. The summed E-state index contributed by atoms with van der Waals surface area (Å²) in [5, 5.41) is 2.41. The molecular weight excluding hydrogens is 361 g/mol. The Kier molecular flexibility index (Phi) is 5.46. The van der Waals surface area contributed by atoms with Gasteiger partial charge in [0.05, 0.1) is 5.56 Å². The van der Waals surface area contributed by atoms with E-state index in [1.54, 1.807) is 11.0 Å². The van der Waals surface area contributed by atoms with Crippen LogP contribution in [0.3, 0.4) is 0 Å². The maximum atomic E-state index is 13.0. The molecule has 1 aliphatic heterocycles. The van der Waals surface area contributed by atoms with Gasteiger partial charge in [-0.15, -0.1) is 11.8 Å². The van der Waals surface area contributed by atoms with Crippen LogP contribution in [0.2, 0.25) is 0 Å². The molecule has 1 saturated heterocycles. The van der Waals surface area contributed by atoms with Crippen molar-refractivity contribution in [1.29, 1.82) is 0 Å². The maximum Gasteiger partial charge on any atom is 0.416 e. The van der Waals surface area contributed by atoms with E-state index >= 15 is 0 Å². The van der Waals surface area contributed by atoms with Gasteiger partial charge in [0.2, 0.25) is 0 Å². The van der Waals surface area contributed by atoms with Crippen molar-refractivity contribution in [3.8, 4) is 0 Å². The van der Waals surface area contributed by atoms with Crippen LogP contribution in [0, 0.1) is 0 Å². The molecule has 1 aliphatic rings. The molecule has 0 aliphatic carbocycles. The second kappa shape index (κ2) is 7.61. The number of amides is 2. The van der Waals surface area contributed by atoms with Crippen LogP contribution in [0.1, 0.15) is 29.0 Å². The predicted molar refractivity (Wildman–Crippen MR) is 98.2 cm³/mol. The van der Waals surface area contributed by atoms with Crippen LogP contribution in [-0.2, 0) is 12.6 Å². The minimum Gasteiger partial charge on any atom is -0.308 e. The van der Waals surface area contributed by atoms with Crippen LogP contribution < -0.4 is 5.32 Å². The molecule has 0 bridgehead atoms. The Hall–Kier alpha value is -2.15. The SMILES string of the molecule is CCc1ccc(NC(=O)N2CCS[C@@H]2c2cccc(C(F)(F)F)c2)cc1. The molecule has 2 amide bonds. The van der Waals surface area contributed by atoms with E-state index in [9.17, 15) is 18.0 Å². The van der Waals surface area contributed by atoms with Crippen molar-refractivity contribution >= 4 is 23.5 Å². The van der Waals surface area contributed by atoms with Crippen molar-refractivity contribution in [1.82, 2.24) is 4.90 Å². The Morgan fingerprint density at radius 1 is 1.23 bits per heavy atom. The fourth-order valence-electron chi connectivity index (χ4n) is 2.84. The molecule has 3 rings (SSSR count). The summed E-state index contributed by atoms with van der Waals surface area (Å²) in [5.41, 5.74) is 1.63. The van der Waals surface area contributed by atoms with Gasteiger partial charge in [-0.3, -0.25) is 0 Å². The van der Waals surface area contributed by atoms with Crippen LogP contribution in [0.5, 0.6) is 0 Å². The summed E-state index contributed by atoms with van der Waals surface area (Å²) >= 11 is 1.47. The first-order chi connectivity index (χ1) is 12.4. The highest BCUT2D eigenvalue weighted by Crippen LogP contribution is 2.40. The third kappa shape index (κ3) is 4.15. The first-order valence-electron chi connectivity index (χ1n) is 8.34. The molecular formula is C19H19F3N2OS. The molecule has 1 N–H and O–H groups in total. The molecule has 2 aromatic carbocycles. The van der Waals surface area contributed by atoms with Crippen molar-refractivity contribution < 1.29 is 18.0 Å². The van der Waals surface area contributed by atoms with Gasteiger partial charge in [0.15, 0.2) is 0 Å². The van der Waals surface area contributed by atoms with E-state index in [0.29, 0.717) is 23.5 Å². The number of anilines is 1. The zero-order valence-corrected chi connectivity index (χ0v) is 15.0.